The van der Waals surface area contributed by atoms with Crippen molar-refractivity contribution < 1.29 is 29.0 Å². The van der Waals surface area contributed by atoms with E-state index < -0.39 is 23.7 Å². The number of rotatable bonds is 5. The number of benzene rings is 2. The van der Waals surface area contributed by atoms with Gasteiger partial charge in [0.1, 0.15) is 0 Å². The van der Waals surface area contributed by atoms with E-state index >= 15 is 0 Å². The third-order valence-electron chi connectivity index (χ3n) is 8.57. The van der Waals surface area contributed by atoms with Crippen molar-refractivity contribution in [3.63, 3.8) is 0 Å². The fourth-order valence-electron chi connectivity index (χ4n) is 6.74. The number of ketones is 2. The Labute approximate surface area is 232 Å². The lowest BCUT2D eigenvalue weighted by Crippen LogP contribution is -2.39. The summed E-state index contributed by atoms with van der Waals surface area (Å²) in [5.41, 5.74) is 4.10. The SMILES string of the molecule is C=Cc1ccc(N2C(=O)[C@H]3[C@H](CC=C4[C@H](c5ccc(O)c(OCC)c5)C5=C(C[C@H]43)C(=O)C=C(C)C5=O)C2=O)cc1. The molecule has 2 amide bonds. The summed E-state index contributed by atoms with van der Waals surface area (Å²) >= 11 is 0. The number of phenolic OH excluding ortho intramolecular Hbond substituents is 1. The second-order valence-corrected chi connectivity index (χ2v) is 10.7. The summed E-state index contributed by atoms with van der Waals surface area (Å²) in [4.78, 5) is 55.7. The van der Waals surface area contributed by atoms with Crippen LogP contribution in [0.4, 0.5) is 5.69 Å². The lowest BCUT2D eigenvalue weighted by molar-refractivity contribution is -0.123. The van der Waals surface area contributed by atoms with Crippen molar-refractivity contribution in [2.45, 2.75) is 32.6 Å². The maximum atomic E-state index is 14.0. The molecule has 1 fully saturated rings. The number of ether oxygens (including phenoxy) is 1. The van der Waals surface area contributed by atoms with Gasteiger partial charge in [-0.25, -0.2) is 0 Å². The van der Waals surface area contributed by atoms with Crippen molar-refractivity contribution in [1.82, 2.24) is 0 Å². The first kappa shape index (κ1) is 25.7. The van der Waals surface area contributed by atoms with Crippen LogP contribution in [0.3, 0.4) is 0 Å². The molecule has 1 saturated heterocycles. The van der Waals surface area contributed by atoms with Crippen molar-refractivity contribution >= 4 is 35.1 Å². The van der Waals surface area contributed by atoms with Crippen molar-refractivity contribution in [2.75, 3.05) is 11.5 Å². The molecule has 0 bridgehead atoms. The molecule has 1 N–H and O–H groups in total. The van der Waals surface area contributed by atoms with Gasteiger partial charge >= 0.3 is 0 Å². The number of hydrogen-bond donors (Lipinski definition) is 1. The number of anilines is 1. The second-order valence-electron chi connectivity index (χ2n) is 10.7. The van der Waals surface area contributed by atoms with Crippen molar-refractivity contribution in [3.05, 3.63) is 94.6 Å². The van der Waals surface area contributed by atoms with Crippen LogP contribution in [0.25, 0.3) is 6.08 Å². The molecule has 0 aromatic heterocycles. The molecule has 4 aliphatic rings. The Morgan fingerprint density at radius 3 is 2.50 bits per heavy atom. The Kier molecular flexibility index (Phi) is 6.17. The van der Waals surface area contributed by atoms with Crippen LogP contribution < -0.4 is 9.64 Å². The minimum Gasteiger partial charge on any atom is -0.504 e. The summed E-state index contributed by atoms with van der Waals surface area (Å²) in [7, 11) is 0. The maximum absolute atomic E-state index is 14.0. The summed E-state index contributed by atoms with van der Waals surface area (Å²) in [6, 6.07) is 12.0. The molecule has 4 atom stereocenters. The lowest BCUT2D eigenvalue weighted by atomic mass is 9.59. The van der Waals surface area contributed by atoms with Crippen LogP contribution in [0, 0.1) is 17.8 Å². The number of imide groups is 1. The largest absolute Gasteiger partial charge is 0.504 e. The van der Waals surface area contributed by atoms with E-state index in [-0.39, 0.29) is 41.3 Å². The number of amides is 2. The second kappa shape index (κ2) is 9.59. The van der Waals surface area contributed by atoms with E-state index in [1.807, 2.05) is 25.1 Å². The van der Waals surface area contributed by atoms with Gasteiger partial charge in [0.15, 0.2) is 23.1 Å². The predicted molar refractivity (Wildman–Crippen MR) is 150 cm³/mol. The van der Waals surface area contributed by atoms with E-state index in [4.69, 9.17) is 4.74 Å². The van der Waals surface area contributed by atoms with E-state index in [1.54, 1.807) is 37.3 Å². The van der Waals surface area contributed by atoms with Crippen molar-refractivity contribution in [1.29, 1.82) is 0 Å². The molecule has 40 heavy (non-hydrogen) atoms. The Balaban J connectivity index is 1.47. The molecule has 1 aliphatic heterocycles. The Hall–Kier alpha value is -4.52. The molecule has 3 aliphatic carbocycles. The van der Waals surface area contributed by atoms with E-state index in [0.29, 0.717) is 41.0 Å². The van der Waals surface area contributed by atoms with Crippen LogP contribution in [0.2, 0.25) is 0 Å². The summed E-state index contributed by atoms with van der Waals surface area (Å²) in [6.07, 6.45) is 5.61. The number of Topliss-reactive ketones (excluding diaryl/α,β-unsaturated/α-hetero) is 1. The molecule has 0 radical (unpaired) electrons. The predicted octanol–water partition coefficient (Wildman–Crippen LogP) is 5.07. The van der Waals surface area contributed by atoms with Gasteiger partial charge in [-0.15, -0.1) is 0 Å². The molecule has 0 unspecified atom stereocenters. The van der Waals surface area contributed by atoms with Gasteiger partial charge < -0.3 is 9.84 Å². The van der Waals surface area contributed by atoms with Crippen molar-refractivity contribution in [3.8, 4) is 11.5 Å². The van der Waals surface area contributed by atoms with Gasteiger partial charge in [-0.3, -0.25) is 24.1 Å². The van der Waals surface area contributed by atoms with E-state index in [9.17, 15) is 24.3 Å². The molecular weight excluding hydrogens is 506 g/mol. The van der Waals surface area contributed by atoms with E-state index in [1.165, 1.54) is 17.0 Å². The number of nitrogens with zero attached hydrogens (tertiary/aromatic N) is 1. The standard InChI is InChI=1S/C33H29NO6/c1-4-18-6-9-20(10-7-18)34-32(38)22-12-11-21-23(29(22)33(34)39)16-24-26(36)14-17(3)31(37)30(24)28(21)19-8-13-25(35)27(15-19)40-5-2/h4,6-11,13-15,22-23,28-29,35H,1,5,12,16H2,2-3H3/t22-,23+,28-,29-/m0/s1. The number of aromatic hydroxyl groups is 1. The fraction of sp³-hybridized carbons (Fsp3) is 0.273. The fourth-order valence-corrected chi connectivity index (χ4v) is 6.74. The first-order valence-electron chi connectivity index (χ1n) is 13.5. The van der Waals surface area contributed by atoms with Crippen LogP contribution in [-0.4, -0.2) is 35.1 Å². The van der Waals surface area contributed by atoms with E-state index in [0.717, 1.165) is 11.1 Å². The molecule has 6 rings (SSSR count). The molecule has 7 heteroatoms. The zero-order valence-electron chi connectivity index (χ0n) is 22.3. The molecule has 2 aromatic carbocycles. The first-order chi connectivity index (χ1) is 19.2. The highest BCUT2D eigenvalue weighted by Gasteiger charge is 2.56. The van der Waals surface area contributed by atoms with E-state index in [2.05, 4.69) is 6.58 Å². The van der Waals surface area contributed by atoms with Gasteiger partial charge in [0.25, 0.3) is 0 Å². The molecule has 2 aromatic rings. The summed E-state index contributed by atoms with van der Waals surface area (Å²) in [5, 5.41) is 10.3. The number of allylic oxidation sites excluding steroid dienone is 6. The van der Waals surface area contributed by atoms with Crippen LogP contribution >= 0.6 is 0 Å². The molecule has 202 valence electrons. The number of fused-ring (bicyclic) bond motifs is 3. The lowest BCUT2D eigenvalue weighted by Gasteiger charge is -2.42. The van der Waals surface area contributed by atoms with Crippen molar-refractivity contribution in [2.24, 2.45) is 17.8 Å². The zero-order chi connectivity index (χ0) is 28.3. The number of hydrogen-bond acceptors (Lipinski definition) is 6. The number of carbonyl (C=O) groups excluding carboxylic acids is 4. The summed E-state index contributed by atoms with van der Waals surface area (Å²) < 4.78 is 5.63. The smallest absolute Gasteiger partial charge is 0.238 e. The molecular formula is C33H29NO6. The van der Waals surface area contributed by atoms with Crippen LogP contribution in [0.5, 0.6) is 11.5 Å². The number of phenols is 1. The third kappa shape index (κ3) is 3.79. The summed E-state index contributed by atoms with van der Waals surface area (Å²) in [6.45, 7) is 7.54. The van der Waals surface area contributed by atoms with Crippen LogP contribution in [0.1, 0.15) is 43.7 Å². The maximum Gasteiger partial charge on any atom is 0.238 e. The Morgan fingerprint density at radius 2 is 1.80 bits per heavy atom. The van der Waals surface area contributed by atoms with Gasteiger partial charge in [-0.05, 0) is 74.1 Å². The minimum atomic E-state index is -0.651. The van der Waals surface area contributed by atoms with Gasteiger partial charge in [-0.2, -0.15) is 0 Å². The van der Waals surface area contributed by atoms with Gasteiger partial charge in [0, 0.05) is 22.6 Å². The third-order valence-corrected chi connectivity index (χ3v) is 8.57. The summed E-state index contributed by atoms with van der Waals surface area (Å²) in [5.74, 6) is -2.96. The Morgan fingerprint density at radius 1 is 1.05 bits per heavy atom. The molecule has 0 saturated carbocycles. The highest BCUT2D eigenvalue weighted by Crippen LogP contribution is 2.55. The highest BCUT2D eigenvalue weighted by molar-refractivity contribution is 6.25. The minimum absolute atomic E-state index is 0.0262. The average Bonchev–Trinajstić information content (AvgIpc) is 3.21. The van der Waals surface area contributed by atoms with Crippen LogP contribution in [0.15, 0.2) is 83.5 Å². The average molecular weight is 536 g/mol. The molecule has 1 heterocycles. The monoisotopic (exact) mass is 535 g/mol. The van der Waals surface area contributed by atoms with Gasteiger partial charge in [0.2, 0.25) is 11.8 Å². The Bertz CT molecular complexity index is 1590. The topological polar surface area (TPSA) is 101 Å². The first-order valence-corrected chi connectivity index (χ1v) is 13.5. The van der Waals surface area contributed by atoms with Gasteiger partial charge in [0.05, 0.1) is 24.1 Å². The van der Waals surface area contributed by atoms with Crippen LogP contribution in [-0.2, 0) is 19.2 Å². The zero-order valence-corrected chi connectivity index (χ0v) is 22.3. The van der Waals surface area contributed by atoms with Gasteiger partial charge in [-0.1, -0.05) is 42.5 Å². The highest BCUT2D eigenvalue weighted by atomic mass is 16.5. The number of carbonyl (C=O) groups is 4. The quantitative estimate of drug-likeness (QED) is 0.326. The normalized spacial score (nSPS) is 25.7. The molecule has 0 spiro atoms. The molecule has 7 nitrogen and oxygen atoms in total.